The molecule has 4 aromatic heterocycles. The molecule has 6 rings (SSSR count). The summed E-state index contributed by atoms with van der Waals surface area (Å²) in [5, 5.41) is 4.83. The lowest BCUT2D eigenvalue weighted by Crippen LogP contribution is -2.28. The number of hydrogen-bond acceptors (Lipinski definition) is 6. The second-order valence-electron chi connectivity index (χ2n) is 8.88. The van der Waals surface area contributed by atoms with E-state index in [2.05, 4.69) is 10.1 Å². The largest absolute Gasteiger partial charge is 0.361 e. The molecule has 1 aromatic carbocycles. The van der Waals surface area contributed by atoms with E-state index in [4.69, 9.17) is 9.51 Å². The molecule has 0 bridgehead atoms. The molecule has 36 heavy (non-hydrogen) atoms. The summed E-state index contributed by atoms with van der Waals surface area (Å²) in [5.74, 6) is -1.41. The first-order chi connectivity index (χ1) is 17.3. The Kier molecular flexibility index (Phi) is 5.22. The standard InChI is InChI=1S/C26H21F2N5O2S/c1-13-12-29-26(36-13)25-24(20-6-7-22(34)33(20)17-4-5-18(27)19(28)11-17)30-21-10-16(8-9-32(21)25)23-14(2)31-35-15(23)3/h4-5,8-12,20H,6-7H2,1-3H3. The van der Waals surface area contributed by atoms with Crippen LogP contribution in [0.25, 0.3) is 27.5 Å². The number of thiazole rings is 1. The predicted octanol–water partition coefficient (Wildman–Crippen LogP) is 6.18. The number of aryl methyl sites for hydroxylation is 3. The van der Waals surface area contributed by atoms with E-state index in [1.807, 2.05) is 43.5 Å². The molecule has 0 spiro atoms. The molecule has 7 nitrogen and oxygen atoms in total. The summed E-state index contributed by atoms with van der Waals surface area (Å²) in [7, 11) is 0. The van der Waals surface area contributed by atoms with Crippen LogP contribution in [-0.4, -0.2) is 25.4 Å². The number of fused-ring (bicyclic) bond motifs is 1. The minimum atomic E-state index is -0.999. The molecule has 1 amide bonds. The van der Waals surface area contributed by atoms with Gasteiger partial charge in [-0.25, -0.2) is 18.7 Å². The molecule has 1 unspecified atom stereocenters. The number of halogens is 2. The highest BCUT2D eigenvalue weighted by molar-refractivity contribution is 7.14. The zero-order valence-corrected chi connectivity index (χ0v) is 20.6. The van der Waals surface area contributed by atoms with Gasteiger partial charge >= 0.3 is 0 Å². The van der Waals surface area contributed by atoms with Crippen molar-refractivity contribution in [3.05, 3.63) is 76.4 Å². The van der Waals surface area contributed by atoms with Gasteiger partial charge in [0.1, 0.15) is 22.1 Å². The van der Waals surface area contributed by atoms with Gasteiger partial charge in [-0.05, 0) is 57.0 Å². The zero-order valence-electron chi connectivity index (χ0n) is 19.7. The monoisotopic (exact) mass is 505 g/mol. The number of hydrogen-bond donors (Lipinski definition) is 0. The fourth-order valence-corrected chi connectivity index (χ4v) is 5.74. The van der Waals surface area contributed by atoms with E-state index in [9.17, 15) is 13.6 Å². The maximum absolute atomic E-state index is 14.1. The SMILES string of the molecule is Cc1cnc(-c2c(C3CCC(=O)N3c3ccc(F)c(F)c3)nc3cc(-c4c(C)noc4C)ccn23)s1. The highest BCUT2D eigenvalue weighted by Gasteiger charge is 2.38. The zero-order chi connectivity index (χ0) is 25.1. The van der Waals surface area contributed by atoms with Crippen LogP contribution in [0.5, 0.6) is 0 Å². The van der Waals surface area contributed by atoms with Crippen molar-refractivity contribution in [3.63, 3.8) is 0 Å². The Morgan fingerprint density at radius 3 is 2.64 bits per heavy atom. The highest BCUT2D eigenvalue weighted by Crippen LogP contribution is 2.42. The molecule has 5 aromatic rings. The smallest absolute Gasteiger partial charge is 0.227 e. The van der Waals surface area contributed by atoms with Crippen molar-refractivity contribution in [1.82, 2.24) is 19.5 Å². The van der Waals surface area contributed by atoms with Crippen LogP contribution < -0.4 is 4.90 Å². The van der Waals surface area contributed by atoms with Crippen LogP contribution in [0.3, 0.4) is 0 Å². The van der Waals surface area contributed by atoms with Crippen LogP contribution in [-0.2, 0) is 4.79 Å². The molecule has 0 saturated carbocycles. The van der Waals surface area contributed by atoms with Gasteiger partial charge in [-0.3, -0.25) is 9.20 Å². The maximum Gasteiger partial charge on any atom is 0.227 e. The summed E-state index contributed by atoms with van der Waals surface area (Å²) in [6.45, 7) is 5.73. The Hall–Kier alpha value is -3.92. The lowest BCUT2D eigenvalue weighted by molar-refractivity contribution is -0.117. The van der Waals surface area contributed by atoms with Crippen LogP contribution in [0.15, 0.2) is 47.2 Å². The number of pyridine rings is 1. The Labute approximate surface area is 209 Å². The molecule has 0 N–H and O–H groups in total. The molecular formula is C26H21F2N5O2S. The van der Waals surface area contributed by atoms with Gasteiger partial charge in [0.25, 0.3) is 0 Å². The van der Waals surface area contributed by atoms with Crippen molar-refractivity contribution < 1.29 is 18.1 Å². The van der Waals surface area contributed by atoms with Crippen LogP contribution in [0.1, 0.15) is 40.9 Å². The molecule has 10 heteroatoms. The number of carbonyl (C=O) groups is 1. The number of rotatable bonds is 4. The van der Waals surface area contributed by atoms with Crippen LogP contribution in [0.4, 0.5) is 14.5 Å². The summed E-state index contributed by atoms with van der Waals surface area (Å²) in [6, 6.07) is 7.00. The topological polar surface area (TPSA) is 76.5 Å². The fourth-order valence-electron chi connectivity index (χ4n) is 4.92. The minimum Gasteiger partial charge on any atom is -0.361 e. The molecule has 1 atom stereocenters. The van der Waals surface area contributed by atoms with Crippen LogP contribution in [0, 0.1) is 32.4 Å². The van der Waals surface area contributed by atoms with Crippen molar-refractivity contribution in [2.75, 3.05) is 4.90 Å². The fraction of sp³-hybridized carbons (Fsp3) is 0.231. The van der Waals surface area contributed by atoms with Gasteiger partial charge in [-0.15, -0.1) is 11.3 Å². The van der Waals surface area contributed by atoms with E-state index in [0.29, 0.717) is 29.2 Å². The van der Waals surface area contributed by atoms with E-state index in [0.717, 1.165) is 44.5 Å². The molecule has 5 heterocycles. The molecule has 1 saturated heterocycles. The number of nitrogens with zero attached hydrogens (tertiary/aromatic N) is 5. The van der Waals surface area contributed by atoms with E-state index < -0.39 is 17.7 Å². The normalized spacial score (nSPS) is 16.0. The van der Waals surface area contributed by atoms with E-state index >= 15 is 0 Å². The Bertz CT molecular complexity index is 1630. The van der Waals surface area contributed by atoms with Crippen LogP contribution in [0.2, 0.25) is 0 Å². The second kappa shape index (κ2) is 8.34. The summed E-state index contributed by atoms with van der Waals surface area (Å²) >= 11 is 1.53. The van der Waals surface area contributed by atoms with Crippen molar-refractivity contribution in [1.29, 1.82) is 0 Å². The number of aromatic nitrogens is 4. The third-order valence-corrected chi connectivity index (χ3v) is 7.43. The number of amides is 1. The Morgan fingerprint density at radius 2 is 1.94 bits per heavy atom. The van der Waals surface area contributed by atoms with Gasteiger partial charge in [0.15, 0.2) is 11.6 Å². The summed E-state index contributed by atoms with van der Waals surface area (Å²) < 4.78 is 35.0. The lowest BCUT2D eigenvalue weighted by Gasteiger charge is -2.24. The van der Waals surface area contributed by atoms with E-state index in [1.54, 1.807) is 6.20 Å². The van der Waals surface area contributed by atoms with Crippen LogP contribution >= 0.6 is 11.3 Å². The van der Waals surface area contributed by atoms with Gasteiger partial charge in [0.05, 0.1) is 17.4 Å². The quantitative estimate of drug-likeness (QED) is 0.291. The number of carbonyl (C=O) groups excluding carboxylic acids is 1. The van der Waals surface area contributed by atoms with Gasteiger partial charge in [0, 0.05) is 41.0 Å². The first-order valence-electron chi connectivity index (χ1n) is 11.5. The summed E-state index contributed by atoms with van der Waals surface area (Å²) in [6.07, 6.45) is 4.50. The molecule has 0 radical (unpaired) electrons. The lowest BCUT2D eigenvalue weighted by atomic mass is 10.1. The number of anilines is 1. The molecule has 182 valence electrons. The third kappa shape index (κ3) is 3.51. The predicted molar refractivity (Wildman–Crippen MR) is 132 cm³/mol. The van der Waals surface area contributed by atoms with Gasteiger partial charge in [-0.2, -0.15) is 0 Å². The van der Waals surface area contributed by atoms with E-state index in [1.165, 1.54) is 22.3 Å². The van der Waals surface area contributed by atoms with Crippen molar-refractivity contribution in [2.24, 2.45) is 0 Å². The van der Waals surface area contributed by atoms with Crippen molar-refractivity contribution >= 4 is 28.6 Å². The molecule has 0 aliphatic carbocycles. The highest BCUT2D eigenvalue weighted by atomic mass is 32.1. The molecule has 1 fully saturated rings. The molecule has 1 aliphatic heterocycles. The third-order valence-electron chi connectivity index (χ3n) is 6.51. The first kappa shape index (κ1) is 22.5. The maximum atomic E-state index is 14.1. The molecular weight excluding hydrogens is 484 g/mol. The van der Waals surface area contributed by atoms with E-state index in [-0.39, 0.29) is 12.3 Å². The van der Waals surface area contributed by atoms with Crippen molar-refractivity contribution in [2.45, 2.75) is 39.7 Å². The molecule has 1 aliphatic rings. The average molecular weight is 506 g/mol. The Morgan fingerprint density at radius 1 is 1.11 bits per heavy atom. The van der Waals surface area contributed by atoms with Gasteiger partial charge in [0.2, 0.25) is 5.91 Å². The second-order valence-corrected chi connectivity index (χ2v) is 10.1. The Balaban J connectivity index is 1.55. The minimum absolute atomic E-state index is 0.166. The summed E-state index contributed by atoms with van der Waals surface area (Å²) in [5.41, 5.74) is 5.03. The average Bonchev–Trinajstić information content (AvgIpc) is 3.61. The number of benzene rings is 1. The van der Waals surface area contributed by atoms with Gasteiger partial charge in [-0.1, -0.05) is 5.16 Å². The number of imidazole rings is 1. The summed E-state index contributed by atoms with van der Waals surface area (Å²) in [4.78, 5) is 25.1. The van der Waals surface area contributed by atoms with Crippen molar-refractivity contribution in [3.8, 4) is 21.8 Å². The van der Waals surface area contributed by atoms with Gasteiger partial charge < -0.3 is 9.42 Å². The first-order valence-corrected chi connectivity index (χ1v) is 12.3.